The smallest absolute Gasteiger partial charge is 0.412 e. The number of hydrogen-bond acceptors (Lipinski definition) is 3. The van der Waals surface area contributed by atoms with Crippen LogP contribution >= 0.6 is 0 Å². The SMILES string of the molecule is CCN1CCc2cc(NC(=O)OC(C)(C)C)ccc2C1(C)C. The van der Waals surface area contributed by atoms with E-state index in [1.807, 2.05) is 26.8 Å². The van der Waals surface area contributed by atoms with Crippen molar-refractivity contribution in [1.29, 1.82) is 0 Å². The maximum Gasteiger partial charge on any atom is 0.412 e. The number of carbonyl (C=O) groups is 1. The summed E-state index contributed by atoms with van der Waals surface area (Å²) in [6.45, 7) is 14.4. The minimum atomic E-state index is -0.484. The van der Waals surface area contributed by atoms with Crippen LogP contribution in [0.1, 0.15) is 52.7 Å². The van der Waals surface area contributed by atoms with Crippen molar-refractivity contribution >= 4 is 11.8 Å². The van der Waals surface area contributed by atoms with Gasteiger partial charge < -0.3 is 4.74 Å². The molecule has 0 bridgehead atoms. The number of amides is 1. The Hall–Kier alpha value is -1.55. The Labute approximate surface area is 133 Å². The molecule has 1 N–H and O–H groups in total. The lowest BCUT2D eigenvalue weighted by atomic mass is 9.83. The first-order valence-corrected chi connectivity index (χ1v) is 8.02. The molecule has 4 nitrogen and oxygen atoms in total. The molecule has 1 amide bonds. The number of ether oxygens (including phenoxy) is 1. The number of benzene rings is 1. The van der Waals surface area contributed by atoms with Gasteiger partial charge in [-0.1, -0.05) is 13.0 Å². The third-order valence-corrected chi connectivity index (χ3v) is 4.23. The summed E-state index contributed by atoms with van der Waals surface area (Å²) >= 11 is 0. The number of carbonyl (C=O) groups excluding carboxylic acids is 1. The minimum absolute atomic E-state index is 0.0345. The summed E-state index contributed by atoms with van der Waals surface area (Å²) in [7, 11) is 0. The number of likely N-dealkylation sites (N-methyl/N-ethyl adjacent to an activating group) is 1. The second-order valence-electron chi connectivity index (χ2n) is 7.39. The van der Waals surface area contributed by atoms with E-state index in [9.17, 15) is 4.79 Å². The fourth-order valence-electron chi connectivity index (χ4n) is 3.16. The van der Waals surface area contributed by atoms with Gasteiger partial charge in [-0.2, -0.15) is 0 Å². The van der Waals surface area contributed by atoms with Crippen LogP contribution in [0.25, 0.3) is 0 Å². The summed E-state index contributed by atoms with van der Waals surface area (Å²) in [5.74, 6) is 0. The van der Waals surface area contributed by atoms with E-state index in [4.69, 9.17) is 4.74 Å². The normalized spacial score (nSPS) is 17.7. The Morgan fingerprint density at radius 2 is 2.05 bits per heavy atom. The first-order valence-electron chi connectivity index (χ1n) is 8.02. The summed E-state index contributed by atoms with van der Waals surface area (Å²) in [5, 5.41) is 2.83. The van der Waals surface area contributed by atoms with Crippen molar-refractivity contribution in [3.63, 3.8) is 0 Å². The van der Waals surface area contributed by atoms with Gasteiger partial charge in [0.1, 0.15) is 5.60 Å². The molecule has 2 rings (SSSR count). The summed E-state index contributed by atoms with van der Waals surface area (Å²) < 4.78 is 5.30. The highest BCUT2D eigenvalue weighted by Gasteiger charge is 2.33. The second-order valence-corrected chi connectivity index (χ2v) is 7.39. The maximum absolute atomic E-state index is 11.9. The minimum Gasteiger partial charge on any atom is -0.444 e. The molecule has 0 saturated carbocycles. The van der Waals surface area contributed by atoms with Crippen LogP contribution in [0.4, 0.5) is 10.5 Å². The predicted molar refractivity (Wildman–Crippen MR) is 90.3 cm³/mol. The highest BCUT2D eigenvalue weighted by atomic mass is 16.6. The van der Waals surface area contributed by atoms with E-state index in [0.717, 1.165) is 25.2 Å². The van der Waals surface area contributed by atoms with Crippen LogP contribution in [-0.2, 0) is 16.7 Å². The third-order valence-electron chi connectivity index (χ3n) is 4.23. The average molecular weight is 304 g/mol. The molecule has 4 heteroatoms. The van der Waals surface area contributed by atoms with Crippen molar-refractivity contribution in [2.45, 2.75) is 59.1 Å². The highest BCUT2D eigenvalue weighted by Crippen LogP contribution is 2.36. The number of hydrogen-bond donors (Lipinski definition) is 1. The van der Waals surface area contributed by atoms with E-state index in [1.54, 1.807) is 0 Å². The Morgan fingerprint density at radius 3 is 2.64 bits per heavy atom. The molecule has 0 saturated heterocycles. The molecule has 0 radical (unpaired) electrons. The van der Waals surface area contributed by atoms with Crippen LogP contribution in [0.5, 0.6) is 0 Å². The van der Waals surface area contributed by atoms with Gasteiger partial charge in [-0.15, -0.1) is 0 Å². The van der Waals surface area contributed by atoms with Gasteiger partial charge in [-0.3, -0.25) is 10.2 Å². The van der Waals surface area contributed by atoms with Crippen LogP contribution in [0.3, 0.4) is 0 Å². The van der Waals surface area contributed by atoms with E-state index in [0.29, 0.717) is 0 Å². The molecule has 22 heavy (non-hydrogen) atoms. The van der Waals surface area contributed by atoms with Crippen molar-refractivity contribution in [3.8, 4) is 0 Å². The van der Waals surface area contributed by atoms with Crippen molar-refractivity contribution in [3.05, 3.63) is 29.3 Å². The molecule has 122 valence electrons. The molecule has 0 atom stereocenters. The Balaban J connectivity index is 2.18. The fourth-order valence-corrected chi connectivity index (χ4v) is 3.16. The quantitative estimate of drug-likeness (QED) is 0.892. The lowest BCUT2D eigenvalue weighted by Gasteiger charge is -2.43. The molecule has 1 heterocycles. The van der Waals surface area contributed by atoms with Crippen molar-refractivity contribution in [1.82, 2.24) is 4.90 Å². The topological polar surface area (TPSA) is 41.6 Å². The molecule has 1 aromatic carbocycles. The van der Waals surface area contributed by atoms with Crippen LogP contribution < -0.4 is 5.32 Å². The Bertz CT molecular complexity index is 559. The van der Waals surface area contributed by atoms with Crippen molar-refractivity contribution in [2.75, 3.05) is 18.4 Å². The first kappa shape index (κ1) is 16.8. The molecule has 1 aliphatic heterocycles. The van der Waals surface area contributed by atoms with Crippen LogP contribution in [0.15, 0.2) is 18.2 Å². The monoisotopic (exact) mass is 304 g/mol. The fraction of sp³-hybridized carbons (Fsp3) is 0.611. The van der Waals surface area contributed by atoms with Gasteiger partial charge in [-0.05, 0) is 70.8 Å². The van der Waals surface area contributed by atoms with Gasteiger partial charge in [0.25, 0.3) is 0 Å². The molecule has 0 spiro atoms. The Morgan fingerprint density at radius 1 is 1.36 bits per heavy atom. The van der Waals surface area contributed by atoms with E-state index >= 15 is 0 Å². The number of rotatable bonds is 2. The largest absolute Gasteiger partial charge is 0.444 e. The van der Waals surface area contributed by atoms with Gasteiger partial charge in [0.15, 0.2) is 0 Å². The summed E-state index contributed by atoms with van der Waals surface area (Å²) in [5.41, 5.74) is 3.00. The summed E-state index contributed by atoms with van der Waals surface area (Å²) in [4.78, 5) is 14.4. The molecular weight excluding hydrogens is 276 g/mol. The number of nitrogens with zero attached hydrogens (tertiary/aromatic N) is 1. The van der Waals surface area contributed by atoms with Crippen LogP contribution in [0.2, 0.25) is 0 Å². The van der Waals surface area contributed by atoms with E-state index in [-0.39, 0.29) is 5.54 Å². The zero-order chi connectivity index (χ0) is 16.5. The molecule has 0 fully saturated rings. The predicted octanol–water partition coefficient (Wildman–Crippen LogP) is 4.15. The number of nitrogens with one attached hydrogen (secondary N) is 1. The molecule has 1 aliphatic rings. The molecule has 0 aromatic heterocycles. The summed E-state index contributed by atoms with van der Waals surface area (Å²) in [6.07, 6.45) is 0.605. The van der Waals surface area contributed by atoms with Gasteiger partial charge in [0, 0.05) is 17.8 Å². The van der Waals surface area contributed by atoms with E-state index in [1.165, 1.54) is 11.1 Å². The summed E-state index contributed by atoms with van der Waals surface area (Å²) in [6, 6.07) is 6.17. The van der Waals surface area contributed by atoms with Gasteiger partial charge in [-0.25, -0.2) is 4.79 Å². The van der Waals surface area contributed by atoms with E-state index in [2.05, 4.69) is 43.1 Å². The zero-order valence-corrected chi connectivity index (χ0v) is 14.6. The lowest BCUT2D eigenvalue weighted by Crippen LogP contribution is -2.46. The first-order chi connectivity index (χ1) is 10.1. The molecular formula is C18H28N2O2. The van der Waals surface area contributed by atoms with Gasteiger partial charge in [0.2, 0.25) is 0 Å². The maximum atomic E-state index is 11.9. The van der Waals surface area contributed by atoms with Crippen LogP contribution in [0, 0.1) is 0 Å². The Kier molecular flexibility index (Phi) is 4.52. The van der Waals surface area contributed by atoms with Crippen LogP contribution in [-0.4, -0.2) is 29.7 Å². The highest BCUT2D eigenvalue weighted by molar-refractivity contribution is 5.85. The average Bonchev–Trinajstić information content (AvgIpc) is 2.36. The lowest BCUT2D eigenvalue weighted by molar-refractivity contribution is 0.0636. The molecule has 0 aliphatic carbocycles. The zero-order valence-electron chi connectivity index (χ0n) is 14.6. The molecule has 0 unspecified atom stereocenters. The second kappa shape index (κ2) is 5.92. The number of fused-ring (bicyclic) bond motifs is 1. The van der Waals surface area contributed by atoms with Gasteiger partial charge in [0.05, 0.1) is 0 Å². The van der Waals surface area contributed by atoms with Crippen molar-refractivity contribution in [2.24, 2.45) is 0 Å². The van der Waals surface area contributed by atoms with E-state index < -0.39 is 11.7 Å². The molecule has 1 aromatic rings. The van der Waals surface area contributed by atoms with Crippen molar-refractivity contribution < 1.29 is 9.53 Å². The third kappa shape index (κ3) is 3.61. The standard InChI is InChI=1S/C18H28N2O2/c1-7-20-11-10-13-12-14(8-9-15(13)18(20,5)6)19-16(21)22-17(2,3)4/h8-9,12H,7,10-11H2,1-6H3,(H,19,21). The van der Waals surface area contributed by atoms with Gasteiger partial charge >= 0.3 is 6.09 Å². The number of anilines is 1.